The predicted molar refractivity (Wildman–Crippen MR) is 83.7 cm³/mol. The number of hydrogen-bond donors (Lipinski definition) is 0. The van der Waals surface area contributed by atoms with Crippen LogP contribution in [0.15, 0.2) is 30.3 Å². The molecule has 1 atom stereocenters. The molecule has 0 heterocycles. The van der Waals surface area contributed by atoms with E-state index in [-0.39, 0.29) is 23.5 Å². The van der Waals surface area contributed by atoms with Crippen molar-refractivity contribution in [3.63, 3.8) is 0 Å². The van der Waals surface area contributed by atoms with Crippen LogP contribution in [0.2, 0.25) is 0 Å². The number of carbonyl (C=O) groups is 1. The summed E-state index contributed by atoms with van der Waals surface area (Å²) in [5, 5.41) is 0. The molecule has 0 amide bonds. The predicted octanol–water partition coefficient (Wildman–Crippen LogP) is 2.56. The number of Topliss-reactive ketones (excluding diaryl/α,β-unsaturated/α-hetero) is 1. The number of sulfonamides is 1. The van der Waals surface area contributed by atoms with Gasteiger partial charge in [0.2, 0.25) is 10.0 Å². The fourth-order valence-electron chi connectivity index (χ4n) is 2.83. The van der Waals surface area contributed by atoms with Gasteiger partial charge in [0, 0.05) is 25.9 Å². The third kappa shape index (κ3) is 4.14. The molecule has 0 spiro atoms. The summed E-state index contributed by atoms with van der Waals surface area (Å²) in [5.41, 5.74) is 1.04. The zero-order valence-corrected chi connectivity index (χ0v) is 13.5. The molecular weight excluding hydrogens is 286 g/mol. The van der Waals surface area contributed by atoms with E-state index in [9.17, 15) is 13.2 Å². The molecule has 0 saturated heterocycles. The van der Waals surface area contributed by atoms with Gasteiger partial charge in [-0.25, -0.2) is 12.7 Å². The summed E-state index contributed by atoms with van der Waals surface area (Å²) in [5.74, 6) is 0.316. The first-order chi connectivity index (χ1) is 9.90. The Balaban J connectivity index is 2.02. The van der Waals surface area contributed by atoms with Crippen LogP contribution in [0, 0.1) is 0 Å². The molecule has 5 heteroatoms. The Morgan fingerprint density at radius 3 is 2.33 bits per heavy atom. The summed E-state index contributed by atoms with van der Waals surface area (Å²) in [6.07, 6.45) is 2.29. The van der Waals surface area contributed by atoms with E-state index >= 15 is 0 Å². The van der Waals surface area contributed by atoms with Gasteiger partial charge in [-0.05, 0) is 24.3 Å². The minimum atomic E-state index is -3.30. The molecule has 0 aromatic heterocycles. The summed E-state index contributed by atoms with van der Waals surface area (Å²) in [7, 11) is -1.66. The standard InChI is InChI=1S/C16H23NO3S/c1-13(14-6-4-3-5-7-14)12-21(19,20)17(2)15-8-10-16(18)11-9-15/h3-7,13,15H,8-12H2,1-2H3. The van der Waals surface area contributed by atoms with Gasteiger partial charge in [-0.2, -0.15) is 0 Å². The summed E-state index contributed by atoms with van der Waals surface area (Å²) in [6, 6.07) is 9.66. The summed E-state index contributed by atoms with van der Waals surface area (Å²) in [4.78, 5) is 11.3. The van der Waals surface area contributed by atoms with Crippen molar-refractivity contribution in [2.45, 2.75) is 44.6 Å². The largest absolute Gasteiger partial charge is 0.300 e. The highest BCUT2D eigenvalue weighted by Crippen LogP contribution is 2.24. The minimum Gasteiger partial charge on any atom is -0.300 e. The summed E-state index contributed by atoms with van der Waals surface area (Å²) in [6.45, 7) is 1.94. The average molecular weight is 309 g/mol. The minimum absolute atomic E-state index is 0.0318. The summed E-state index contributed by atoms with van der Waals surface area (Å²) >= 11 is 0. The van der Waals surface area contributed by atoms with Gasteiger partial charge in [-0.15, -0.1) is 0 Å². The Labute approximate surface area is 127 Å². The molecule has 1 unspecified atom stereocenters. The Morgan fingerprint density at radius 1 is 1.19 bits per heavy atom. The van der Waals surface area contributed by atoms with Crippen LogP contribution in [0.5, 0.6) is 0 Å². The molecule has 0 aliphatic heterocycles. The maximum atomic E-state index is 12.5. The second-order valence-corrected chi connectivity index (χ2v) is 7.95. The van der Waals surface area contributed by atoms with Crippen molar-refractivity contribution in [1.82, 2.24) is 4.31 Å². The molecule has 1 fully saturated rings. The lowest BCUT2D eigenvalue weighted by molar-refractivity contribution is -0.120. The van der Waals surface area contributed by atoms with E-state index in [4.69, 9.17) is 0 Å². The van der Waals surface area contributed by atoms with Crippen LogP contribution < -0.4 is 0 Å². The highest BCUT2D eigenvalue weighted by atomic mass is 32.2. The van der Waals surface area contributed by atoms with Gasteiger partial charge in [0.15, 0.2) is 0 Å². The Bertz CT molecular complexity index is 573. The number of carbonyl (C=O) groups excluding carboxylic acids is 1. The molecule has 0 bridgehead atoms. The lowest BCUT2D eigenvalue weighted by Crippen LogP contribution is -2.41. The fraction of sp³-hybridized carbons (Fsp3) is 0.562. The first-order valence-electron chi connectivity index (χ1n) is 7.42. The van der Waals surface area contributed by atoms with E-state index in [2.05, 4.69) is 0 Å². The lowest BCUT2D eigenvalue weighted by atomic mass is 9.95. The molecular formula is C16H23NO3S. The van der Waals surface area contributed by atoms with Gasteiger partial charge in [0.05, 0.1) is 5.75 Å². The van der Waals surface area contributed by atoms with Gasteiger partial charge in [-0.1, -0.05) is 37.3 Å². The number of nitrogens with zero attached hydrogens (tertiary/aromatic N) is 1. The van der Waals surface area contributed by atoms with Crippen molar-refractivity contribution >= 4 is 15.8 Å². The van der Waals surface area contributed by atoms with Crippen molar-refractivity contribution in [3.8, 4) is 0 Å². The van der Waals surface area contributed by atoms with E-state index in [1.54, 1.807) is 7.05 Å². The monoisotopic (exact) mass is 309 g/mol. The van der Waals surface area contributed by atoms with Crippen molar-refractivity contribution in [1.29, 1.82) is 0 Å². The molecule has 1 aliphatic carbocycles. The molecule has 1 aliphatic rings. The van der Waals surface area contributed by atoms with Crippen LogP contribution in [-0.2, 0) is 14.8 Å². The van der Waals surface area contributed by atoms with Crippen molar-refractivity contribution in [2.24, 2.45) is 0 Å². The van der Waals surface area contributed by atoms with Crippen LogP contribution in [0.3, 0.4) is 0 Å². The van der Waals surface area contributed by atoms with E-state index in [1.165, 1.54) is 4.31 Å². The zero-order chi connectivity index (χ0) is 15.5. The lowest BCUT2D eigenvalue weighted by Gasteiger charge is -2.30. The van der Waals surface area contributed by atoms with Crippen molar-refractivity contribution < 1.29 is 13.2 Å². The maximum absolute atomic E-state index is 12.5. The van der Waals surface area contributed by atoms with Crippen LogP contribution in [0.4, 0.5) is 0 Å². The number of benzene rings is 1. The van der Waals surface area contributed by atoms with E-state index < -0.39 is 10.0 Å². The van der Waals surface area contributed by atoms with E-state index in [0.717, 1.165) is 5.56 Å². The SMILES string of the molecule is CC(CS(=O)(=O)N(C)C1CCC(=O)CC1)c1ccccc1. The molecule has 2 rings (SSSR count). The zero-order valence-electron chi connectivity index (χ0n) is 12.7. The molecule has 0 N–H and O–H groups in total. The second kappa shape index (κ2) is 6.71. The van der Waals surface area contributed by atoms with Gasteiger partial charge < -0.3 is 0 Å². The molecule has 1 aromatic rings. The molecule has 116 valence electrons. The highest BCUT2D eigenvalue weighted by molar-refractivity contribution is 7.89. The van der Waals surface area contributed by atoms with E-state index in [0.29, 0.717) is 25.7 Å². The maximum Gasteiger partial charge on any atom is 0.214 e. The van der Waals surface area contributed by atoms with Gasteiger partial charge in [0.1, 0.15) is 5.78 Å². The van der Waals surface area contributed by atoms with Gasteiger partial charge >= 0.3 is 0 Å². The van der Waals surface area contributed by atoms with Crippen molar-refractivity contribution in [2.75, 3.05) is 12.8 Å². The third-order valence-electron chi connectivity index (χ3n) is 4.30. The smallest absolute Gasteiger partial charge is 0.214 e. The van der Waals surface area contributed by atoms with Crippen LogP contribution in [0.25, 0.3) is 0 Å². The van der Waals surface area contributed by atoms with Gasteiger partial charge in [-0.3, -0.25) is 4.79 Å². The quantitative estimate of drug-likeness (QED) is 0.840. The summed E-state index contributed by atoms with van der Waals surface area (Å²) < 4.78 is 26.6. The Kier molecular flexibility index (Phi) is 5.17. The van der Waals surface area contributed by atoms with Crippen LogP contribution >= 0.6 is 0 Å². The van der Waals surface area contributed by atoms with Gasteiger partial charge in [0.25, 0.3) is 0 Å². The fourth-order valence-corrected chi connectivity index (χ4v) is 4.55. The average Bonchev–Trinajstić information content (AvgIpc) is 2.48. The molecule has 0 radical (unpaired) electrons. The van der Waals surface area contributed by atoms with Crippen LogP contribution in [0.1, 0.15) is 44.1 Å². The number of hydrogen-bond acceptors (Lipinski definition) is 3. The second-order valence-electron chi connectivity index (χ2n) is 5.88. The Hall–Kier alpha value is -1.20. The topological polar surface area (TPSA) is 54.5 Å². The molecule has 21 heavy (non-hydrogen) atoms. The number of rotatable bonds is 5. The Morgan fingerprint density at radius 2 is 1.76 bits per heavy atom. The van der Waals surface area contributed by atoms with E-state index in [1.807, 2.05) is 37.3 Å². The van der Waals surface area contributed by atoms with Crippen molar-refractivity contribution in [3.05, 3.63) is 35.9 Å². The third-order valence-corrected chi connectivity index (χ3v) is 6.39. The molecule has 1 saturated carbocycles. The first kappa shape index (κ1) is 16.2. The normalized spacial score (nSPS) is 18.9. The van der Waals surface area contributed by atoms with Crippen LogP contribution in [-0.4, -0.2) is 37.3 Å². The number of ketones is 1. The first-order valence-corrected chi connectivity index (χ1v) is 9.03. The highest BCUT2D eigenvalue weighted by Gasteiger charge is 2.30. The molecule has 4 nitrogen and oxygen atoms in total. The molecule has 1 aromatic carbocycles.